The van der Waals surface area contributed by atoms with E-state index in [2.05, 4.69) is 17.2 Å². The molecule has 5 heteroatoms. The number of amides is 1. The summed E-state index contributed by atoms with van der Waals surface area (Å²) in [6.07, 6.45) is 0. The molecule has 2 aromatic rings. The van der Waals surface area contributed by atoms with Crippen LogP contribution < -0.4 is 11.1 Å². The lowest BCUT2D eigenvalue weighted by Gasteiger charge is -2.06. The maximum atomic E-state index is 12.2. The van der Waals surface area contributed by atoms with Crippen molar-refractivity contribution in [3.8, 4) is 11.8 Å². The van der Waals surface area contributed by atoms with Gasteiger partial charge in [0.1, 0.15) is 0 Å². The number of nitrogens with one attached hydrogen (secondary N) is 1. The quantitative estimate of drug-likeness (QED) is 0.832. The van der Waals surface area contributed by atoms with Gasteiger partial charge < -0.3 is 11.1 Å². The molecule has 2 rings (SSSR count). The predicted molar refractivity (Wildman–Crippen MR) is 86.8 cm³/mol. The minimum atomic E-state index is -0.260. The number of carbonyl (C=O) groups is 1. The van der Waals surface area contributed by atoms with Gasteiger partial charge in [-0.25, -0.2) is 0 Å². The van der Waals surface area contributed by atoms with Crippen LogP contribution in [-0.2, 0) is 0 Å². The summed E-state index contributed by atoms with van der Waals surface area (Å²) in [5, 5.41) is 3.66. The third kappa shape index (κ3) is 4.51. The summed E-state index contributed by atoms with van der Waals surface area (Å²) in [6, 6.07) is 11.8. The number of rotatable bonds is 2. The van der Waals surface area contributed by atoms with Gasteiger partial charge in [-0.1, -0.05) is 41.1 Å². The van der Waals surface area contributed by atoms with Gasteiger partial charge in [-0.05, 0) is 36.4 Å². The standard InChI is InChI=1S/C16H12Cl2N2O/c17-13-8-14(18)10-15(9-13)20-16(21)12-5-1-3-11(7-12)4-2-6-19/h1,3,5,7-10H,6,19H2,(H,20,21). The van der Waals surface area contributed by atoms with Crippen molar-refractivity contribution >= 4 is 34.8 Å². The number of halogens is 2. The van der Waals surface area contributed by atoms with E-state index in [1.807, 2.05) is 6.07 Å². The maximum absolute atomic E-state index is 12.2. The van der Waals surface area contributed by atoms with E-state index >= 15 is 0 Å². The number of nitrogens with two attached hydrogens (primary N) is 1. The summed E-state index contributed by atoms with van der Waals surface area (Å²) in [6.45, 7) is 0.275. The highest BCUT2D eigenvalue weighted by Crippen LogP contribution is 2.22. The Morgan fingerprint density at radius 3 is 2.52 bits per heavy atom. The smallest absolute Gasteiger partial charge is 0.255 e. The molecule has 0 aliphatic heterocycles. The van der Waals surface area contributed by atoms with Crippen molar-refractivity contribution in [3.05, 3.63) is 63.6 Å². The number of anilines is 1. The molecule has 0 unspecified atom stereocenters. The normalized spacial score (nSPS) is 9.67. The molecular formula is C16H12Cl2N2O. The van der Waals surface area contributed by atoms with Crippen LogP contribution in [0.15, 0.2) is 42.5 Å². The van der Waals surface area contributed by atoms with Crippen molar-refractivity contribution in [1.29, 1.82) is 0 Å². The highest BCUT2D eigenvalue weighted by Gasteiger charge is 2.07. The first kappa shape index (κ1) is 15.4. The molecule has 2 aromatic carbocycles. The van der Waals surface area contributed by atoms with Crippen LogP contribution in [-0.4, -0.2) is 12.5 Å². The minimum absolute atomic E-state index is 0.260. The Balaban J connectivity index is 2.20. The lowest BCUT2D eigenvalue weighted by Crippen LogP contribution is -2.12. The van der Waals surface area contributed by atoms with Crippen molar-refractivity contribution < 1.29 is 4.79 Å². The summed E-state index contributed by atoms with van der Waals surface area (Å²) in [7, 11) is 0. The molecule has 0 spiro atoms. The first-order valence-electron chi connectivity index (χ1n) is 6.15. The first-order chi connectivity index (χ1) is 10.1. The average molecular weight is 319 g/mol. The summed E-state index contributed by atoms with van der Waals surface area (Å²) in [4.78, 5) is 12.2. The van der Waals surface area contributed by atoms with Crippen LogP contribution in [0.3, 0.4) is 0 Å². The topological polar surface area (TPSA) is 55.1 Å². The molecule has 0 heterocycles. The van der Waals surface area contributed by atoms with Crippen molar-refractivity contribution in [2.75, 3.05) is 11.9 Å². The zero-order valence-corrected chi connectivity index (χ0v) is 12.5. The molecule has 0 saturated carbocycles. The van der Waals surface area contributed by atoms with Crippen LogP contribution >= 0.6 is 23.2 Å². The summed E-state index contributed by atoms with van der Waals surface area (Å²) in [5.41, 5.74) is 7.09. The van der Waals surface area contributed by atoms with Gasteiger partial charge in [0, 0.05) is 26.9 Å². The van der Waals surface area contributed by atoms with Gasteiger partial charge in [-0.15, -0.1) is 0 Å². The molecule has 0 aromatic heterocycles. The molecule has 0 atom stereocenters. The Bertz CT molecular complexity index is 712. The lowest BCUT2D eigenvalue weighted by atomic mass is 10.1. The molecule has 21 heavy (non-hydrogen) atoms. The second-order valence-electron chi connectivity index (χ2n) is 4.20. The molecule has 1 amide bonds. The third-order valence-corrected chi connectivity index (χ3v) is 3.02. The van der Waals surface area contributed by atoms with Gasteiger partial charge in [0.05, 0.1) is 6.54 Å². The Morgan fingerprint density at radius 1 is 1.14 bits per heavy atom. The highest BCUT2D eigenvalue weighted by molar-refractivity contribution is 6.35. The lowest BCUT2D eigenvalue weighted by molar-refractivity contribution is 0.102. The van der Waals surface area contributed by atoms with Crippen LogP contribution in [0, 0.1) is 11.8 Å². The summed E-state index contributed by atoms with van der Waals surface area (Å²) < 4.78 is 0. The number of carbonyl (C=O) groups excluding carboxylic acids is 1. The molecule has 0 aliphatic carbocycles. The van der Waals surface area contributed by atoms with Crippen LogP contribution in [0.5, 0.6) is 0 Å². The van der Waals surface area contributed by atoms with Gasteiger partial charge in [-0.2, -0.15) is 0 Å². The maximum Gasteiger partial charge on any atom is 0.255 e. The second kappa shape index (κ2) is 7.14. The molecule has 0 radical (unpaired) electrons. The molecule has 0 saturated heterocycles. The van der Waals surface area contributed by atoms with E-state index in [4.69, 9.17) is 28.9 Å². The zero-order valence-electron chi connectivity index (χ0n) is 11.0. The Kier molecular flexibility index (Phi) is 5.24. The molecule has 0 fully saturated rings. The fourth-order valence-electron chi connectivity index (χ4n) is 1.72. The second-order valence-corrected chi connectivity index (χ2v) is 5.07. The molecule has 0 bridgehead atoms. The van der Waals surface area contributed by atoms with Crippen molar-refractivity contribution in [1.82, 2.24) is 0 Å². The van der Waals surface area contributed by atoms with E-state index in [0.29, 0.717) is 21.3 Å². The molecule has 106 valence electrons. The monoisotopic (exact) mass is 318 g/mol. The van der Waals surface area contributed by atoms with E-state index in [0.717, 1.165) is 5.56 Å². The van der Waals surface area contributed by atoms with Crippen molar-refractivity contribution in [2.45, 2.75) is 0 Å². The fourth-order valence-corrected chi connectivity index (χ4v) is 2.25. The van der Waals surface area contributed by atoms with Gasteiger partial charge >= 0.3 is 0 Å². The number of benzene rings is 2. The predicted octanol–water partition coefficient (Wildman–Crippen LogP) is 3.56. The zero-order chi connectivity index (χ0) is 15.2. The summed E-state index contributed by atoms with van der Waals surface area (Å²) >= 11 is 11.8. The van der Waals surface area contributed by atoms with Crippen molar-refractivity contribution in [2.24, 2.45) is 5.73 Å². The third-order valence-electron chi connectivity index (χ3n) is 2.58. The van der Waals surface area contributed by atoms with Crippen LogP contribution in [0.4, 0.5) is 5.69 Å². The Labute approximate surface area is 133 Å². The van der Waals surface area contributed by atoms with Gasteiger partial charge in [0.15, 0.2) is 0 Å². The van der Waals surface area contributed by atoms with E-state index in [9.17, 15) is 4.79 Å². The van der Waals surface area contributed by atoms with Crippen LogP contribution in [0.1, 0.15) is 15.9 Å². The minimum Gasteiger partial charge on any atom is -0.322 e. The summed E-state index contributed by atoms with van der Waals surface area (Å²) in [5.74, 6) is 5.37. The van der Waals surface area contributed by atoms with E-state index in [1.165, 1.54) is 0 Å². The molecular weight excluding hydrogens is 307 g/mol. The molecule has 3 N–H and O–H groups in total. The van der Waals surface area contributed by atoms with E-state index in [-0.39, 0.29) is 12.5 Å². The van der Waals surface area contributed by atoms with Crippen LogP contribution in [0.25, 0.3) is 0 Å². The van der Waals surface area contributed by atoms with Crippen molar-refractivity contribution in [3.63, 3.8) is 0 Å². The SMILES string of the molecule is NCC#Cc1cccc(C(=O)Nc2cc(Cl)cc(Cl)c2)c1. The average Bonchev–Trinajstić information content (AvgIpc) is 2.44. The highest BCUT2D eigenvalue weighted by atomic mass is 35.5. The van der Waals surface area contributed by atoms with Gasteiger partial charge in [0.2, 0.25) is 0 Å². The largest absolute Gasteiger partial charge is 0.322 e. The Hall–Kier alpha value is -1.99. The fraction of sp³-hybridized carbons (Fsp3) is 0.0625. The first-order valence-corrected chi connectivity index (χ1v) is 6.90. The van der Waals surface area contributed by atoms with E-state index in [1.54, 1.807) is 36.4 Å². The van der Waals surface area contributed by atoms with Gasteiger partial charge in [0.25, 0.3) is 5.91 Å². The van der Waals surface area contributed by atoms with Gasteiger partial charge in [-0.3, -0.25) is 4.79 Å². The number of hydrogen-bond acceptors (Lipinski definition) is 2. The van der Waals surface area contributed by atoms with E-state index < -0.39 is 0 Å². The number of hydrogen-bond donors (Lipinski definition) is 2. The Morgan fingerprint density at radius 2 is 1.86 bits per heavy atom. The molecule has 3 nitrogen and oxygen atoms in total. The van der Waals surface area contributed by atoms with Crippen LogP contribution in [0.2, 0.25) is 10.0 Å². The molecule has 0 aliphatic rings.